The molecule has 6 rings (SSSR count). The molecule has 0 aliphatic carbocycles. The quantitative estimate of drug-likeness (QED) is 0.434. The van der Waals surface area contributed by atoms with E-state index in [4.69, 9.17) is 14.2 Å². The van der Waals surface area contributed by atoms with Gasteiger partial charge in [-0.1, -0.05) is 6.07 Å². The molecule has 1 unspecified atom stereocenters. The molecule has 1 radical (unpaired) electrons. The number of phenolic OH excluding ortho intramolecular Hbond substituents is 2. The topological polar surface area (TPSA) is 128 Å². The van der Waals surface area contributed by atoms with Crippen molar-refractivity contribution in [3.63, 3.8) is 0 Å². The van der Waals surface area contributed by atoms with Crippen LogP contribution in [0.5, 0.6) is 28.7 Å². The van der Waals surface area contributed by atoms with E-state index in [1.807, 2.05) is 14.0 Å². The number of fused-ring (bicyclic) bond motifs is 9. The van der Waals surface area contributed by atoms with Crippen LogP contribution >= 0.6 is 0 Å². The first-order chi connectivity index (χ1) is 18.2. The van der Waals surface area contributed by atoms with Gasteiger partial charge in [-0.05, 0) is 44.9 Å². The summed E-state index contributed by atoms with van der Waals surface area (Å²) in [6.45, 7) is 5.44. The second-order valence-electron chi connectivity index (χ2n) is 10.7. The Hall–Kier alpha value is -2.24. The average Bonchev–Trinajstić information content (AvgIpc) is 3.36. The van der Waals surface area contributed by atoms with Gasteiger partial charge in [-0.25, -0.2) is 0 Å². The van der Waals surface area contributed by atoms with E-state index < -0.39 is 12.1 Å². The fourth-order valence-electron chi connectivity index (χ4n) is 7.28. The Kier molecular flexibility index (Phi) is 7.48. The molecule has 4 aliphatic heterocycles. The van der Waals surface area contributed by atoms with Crippen molar-refractivity contribution >= 4 is 5.91 Å². The third-order valence-electron chi connectivity index (χ3n) is 8.84. The smallest absolute Gasteiger partial charge is 0.231 e. The second-order valence-corrected chi connectivity index (χ2v) is 10.7. The molecule has 2 bridgehead atoms. The maximum atomic E-state index is 12.1. The third kappa shape index (κ3) is 4.01. The molecule has 0 aromatic heterocycles. The van der Waals surface area contributed by atoms with E-state index in [1.165, 1.54) is 6.92 Å². The molecular weight excluding hydrogens is 715 g/mol. The summed E-state index contributed by atoms with van der Waals surface area (Å²) in [5.74, 6) is 1.56. The molecule has 10 nitrogen and oxygen atoms in total. The van der Waals surface area contributed by atoms with Gasteiger partial charge in [-0.15, -0.1) is 0 Å². The zero-order valence-corrected chi connectivity index (χ0v) is 27.5. The number of likely N-dealkylation sites (N-methyl/N-ethyl adjacent to an activating group) is 1. The minimum Gasteiger partial charge on any atom is -0.507 e. The number of phenols is 2. The van der Waals surface area contributed by atoms with E-state index in [0.29, 0.717) is 35.7 Å². The Morgan fingerprint density at radius 1 is 1.18 bits per heavy atom. The molecule has 5 atom stereocenters. The number of nitrogens with one attached hydrogen (secondary N) is 1. The van der Waals surface area contributed by atoms with E-state index in [-0.39, 0.29) is 92.9 Å². The van der Waals surface area contributed by atoms with Crippen LogP contribution in [0.2, 0.25) is 0 Å². The van der Waals surface area contributed by atoms with Crippen molar-refractivity contribution in [2.45, 2.75) is 63.8 Å². The Bertz CT molecular complexity index is 1410. The van der Waals surface area contributed by atoms with Gasteiger partial charge in [0.1, 0.15) is 11.8 Å². The SMILES string of the molecule is COc1c(C)cc2c(c1O)[C@@H]1C3Cc4c(O)c(C)c5c(c4[C@H](CNC(C)=O)N3[C@@H](C#N)[C@H](C2)N1C)OCO5.[Ac]. The Morgan fingerprint density at radius 2 is 1.90 bits per heavy atom. The molecule has 1 saturated heterocycles. The summed E-state index contributed by atoms with van der Waals surface area (Å²) in [7, 11) is 3.54. The summed E-state index contributed by atoms with van der Waals surface area (Å²) in [6, 6.07) is 2.95. The predicted molar refractivity (Wildman–Crippen MR) is 137 cm³/mol. The van der Waals surface area contributed by atoms with E-state index in [0.717, 1.165) is 27.8 Å². The van der Waals surface area contributed by atoms with Crippen LogP contribution in [0.15, 0.2) is 6.07 Å². The number of methoxy groups -OCH3 is 1. The molecule has 4 aliphatic rings. The van der Waals surface area contributed by atoms with Gasteiger partial charge < -0.3 is 29.7 Å². The normalized spacial score (nSPS) is 26.4. The first-order valence-corrected chi connectivity index (χ1v) is 12.9. The molecule has 4 heterocycles. The number of rotatable bonds is 3. The molecule has 3 N–H and O–H groups in total. The minimum atomic E-state index is -0.507. The number of aromatic hydroxyl groups is 2. The fourth-order valence-corrected chi connectivity index (χ4v) is 7.28. The number of nitriles is 1. The molecular formula is C28H32AcN4O6. The predicted octanol–water partition coefficient (Wildman–Crippen LogP) is 2.36. The molecule has 1 amide bonds. The van der Waals surface area contributed by atoms with Gasteiger partial charge in [0.15, 0.2) is 23.0 Å². The van der Waals surface area contributed by atoms with Crippen LogP contribution in [0, 0.1) is 69.2 Å². The Labute approximate surface area is 263 Å². The fraction of sp³-hybridized carbons (Fsp3) is 0.500. The van der Waals surface area contributed by atoms with Crippen LogP contribution in [-0.2, 0) is 17.6 Å². The number of nitrogens with zero attached hydrogens (tertiary/aromatic N) is 3. The largest absolute Gasteiger partial charge is 0.507 e. The Morgan fingerprint density at radius 3 is 2.56 bits per heavy atom. The monoisotopic (exact) mass is 747 g/mol. The summed E-state index contributed by atoms with van der Waals surface area (Å²) < 4.78 is 17.2. The number of amides is 1. The first-order valence-electron chi connectivity index (χ1n) is 12.9. The molecule has 0 saturated carbocycles. The average molecular weight is 748 g/mol. The number of hydrogen-bond acceptors (Lipinski definition) is 9. The molecule has 203 valence electrons. The number of ether oxygens (including phenoxy) is 3. The van der Waals surface area contributed by atoms with Gasteiger partial charge >= 0.3 is 0 Å². The van der Waals surface area contributed by atoms with Gasteiger partial charge in [0, 0.05) is 91.9 Å². The summed E-state index contributed by atoms with van der Waals surface area (Å²) >= 11 is 0. The summed E-state index contributed by atoms with van der Waals surface area (Å²) in [4.78, 5) is 16.4. The van der Waals surface area contributed by atoms with E-state index >= 15 is 0 Å². The second kappa shape index (κ2) is 10.3. The molecule has 11 heteroatoms. The number of benzene rings is 2. The molecule has 1 fully saturated rings. The van der Waals surface area contributed by atoms with Crippen LogP contribution in [0.3, 0.4) is 0 Å². The van der Waals surface area contributed by atoms with E-state index in [1.54, 1.807) is 14.0 Å². The number of carbonyl (C=O) groups excluding carboxylic acids is 1. The van der Waals surface area contributed by atoms with Crippen LogP contribution < -0.4 is 19.5 Å². The van der Waals surface area contributed by atoms with Crippen molar-refractivity contribution in [1.29, 1.82) is 5.26 Å². The van der Waals surface area contributed by atoms with Crippen molar-refractivity contribution in [3.05, 3.63) is 39.4 Å². The van der Waals surface area contributed by atoms with Crippen LogP contribution in [0.4, 0.5) is 0 Å². The number of carbonyl (C=O) groups is 1. The van der Waals surface area contributed by atoms with E-state index in [9.17, 15) is 20.3 Å². The standard InChI is InChI=1S/C28H32N4O6.Ac/c1-12-6-15-7-17-19(9-29)32-18(23(31(17)4)21(15)25(35)26(12)36-5)8-16-22(20(32)10-30-14(3)33)28-27(37-11-38-28)13(2)24(16)34;/h6,17-20,23,34-35H,7-8,10-11H2,1-5H3,(H,30,33);/t17-,18?,19-,20-,23-;/m0./s1. The molecule has 2 aromatic carbocycles. The molecule has 2 aromatic rings. The van der Waals surface area contributed by atoms with Crippen molar-refractivity contribution in [3.8, 4) is 34.8 Å². The van der Waals surface area contributed by atoms with Gasteiger partial charge in [0.2, 0.25) is 12.7 Å². The van der Waals surface area contributed by atoms with Crippen LogP contribution in [0.25, 0.3) is 0 Å². The van der Waals surface area contributed by atoms with Gasteiger partial charge in [-0.3, -0.25) is 14.6 Å². The maximum Gasteiger partial charge on any atom is 0.231 e. The number of piperazine rings is 1. The van der Waals surface area contributed by atoms with Crippen LogP contribution in [0.1, 0.15) is 52.4 Å². The number of hydrogen-bond donors (Lipinski definition) is 3. The van der Waals surface area contributed by atoms with E-state index in [2.05, 4.69) is 27.3 Å². The van der Waals surface area contributed by atoms with Crippen molar-refractivity contribution in [2.24, 2.45) is 0 Å². The van der Waals surface area contributed by atoms with Crippen molar-refractivity contribution < 1.29 is 73.3 Å². The number of aryl methyl sites for hydroxylation is 1. The zero-order chi connectivity index (χ0) is 27.0. The van der Waals surface area contributed by atoms with Gasteiger partial charge in [-0.2, -0.15) is 5.26 Å². The first kappa shape index (κ1) is 28.3. The summed E-state index contributed by atoms with van der Waals surface area (Å²) in [6.07, 6.45) is 1.00. The zero-order valence-electron chi connectivity index (χ0n) is 22.7. The summed E-state index contributed by atoms with van der Waals surface area (Å²) in [5.41, 5.74) is 4.71. The van der Waals surface area contributed by atoms with Crippen molar-refractivity contribution in [2.75, 3.05) is 27.5 Å². The molecule has 39 heavy (non-hydrogen) atoms. The minimum absolute atomic E-state index is 0. The Balaban J connectivity index is 0.00000308. The molecule has 0 spiro atoms. The van der Waals surface area contributed by atoms with Crippen LogP contribution in [-0.4, -0.2) is 71.5 Å². The maximum absolute atomic E-state index is 12.1. The van der Waals surface area contributed by atoms with Gasteiger partial charge in [0.05, 0.1) is 25.3 Å². The summed E-state index contributed by atoms with van der Waals surface area (Å²) in [5, 5.41) is 36.3. The van der Waals surface area contributed by atoms with Gasteiger partial charge in [0.25, 0.3) is 0 Å². The third-order valence-corrected chi connectivity index (χ3v) is 8.84. The van der Waals surface area contributed by atoms with Crippen molar-refractivity contribution in [1.82, 2.24) is 15.1 Å².